The highest BCUT2D eigenvalue weighted by molar-refractivity contribution is 7.16. The molecule has 4 heteroatoms. The summed E-state index contributed by atoms with van der Waals surface area (Å²) < 4.78 is 1.26. The van der Waals surface area contributed by atoms with E-state index in [1.165, 1.54) is 4.70 Å². The van der Waals surface area contributed by atoms with Crippen LogP contribution in [0, 0.1) is 11.5 Å². The Kier molecular flexibility index (Phi) is 3.05. The van der Waals surface area contributed by atoms with Crippen molar-refractivity contribution in [3.05, 3.63) is 29.8 Å². The predicted octanol–water partition coefficient (Wildman–Crippen LogP) is 2.14. The molecule has 60 valence electrons. The van der Waals surface area contributed by atoms with Gasteiger partial charge in [-0.3, -0.25) is 0 Å². The van der Waals surface area contributed by atoms with E-state index in [1.807, 2.05) is 23.7 Å². The summed E-state index contributed by atoms with van der Waals surface area (Å²) in [6.45, 7) is 0. The molecule has 0 unspecified atom stereocenters. The highest BCUT2D eigenvalue weighted by atomic mass is 32.1. The van der Waals surface area contributed by atoms with Gasteiger partial charge in [-0.2, -0.15) is 5.26 Å². The lowest BCUT2D eigenvalue weighted by atomic mass is 10.3. The first-order chi connectivity index (χ1) is 5.88. The lowest BCUT2D eigenvalue weighted by Crippen LogP contribution is -1.61. The first-order valence-electron chi connectivity index (χ1n) is 3.20. The Morgan fingerprint density at radius 3 is 2.75 bits per heavy atom. The number of hydrogen-bond donors (Lipinski definition) is 1. The van der Waals surface area contributed by atoms with Gasteiger partial charge in [0.1, 0.15) is 0 Å². The lowest BCUT2D eigenvalue weighted by Gasteiger charge is -1.80. The van der Waals surface area contributed by atoms with Crippen LogP contribution < -0.4 is 0 Å². The first kappa shape index (κ1) is 8.50. The molecule has 1 aromatic carbocycles. The number of aromatic nitrogens is 1. The van der Waals surface area contributed by atoms with Crippen LogP contribution >= 0.6 is 11.3 Å². The highest BCUT2D eigenvalue weighted by Crippen LogP contribution is 2.15. The lowest BCUT2D eigenvalue weighted by molar-refractivity contribution is 0.503. The molecule has 0 bridgehead atoms. The Balaban J connectivity index is 0.000000213. The van der Waals surface area contributed by atoms with Crippen LogP contribution in [0.3, 0.4) is 0 Å². The summed E-state index contributed by atoms with van der Waals surface area (Å²) in [5, 5.41) is 13.8. The number of aliphatic hydroxyl groups excluding tert-OH is 1. The molecule has 12 heavy (non-hydrogen) atoms. The Bertz CT molecular complexity index is 361. The molecule has 0 amide bonds. The van der Waals surface area contributed by atoms with Crippen LogP contribution in [0.2, 0.25) is 0 Å². The van der Waals surface area contributed by atoms with Gasteiger partial charge >= 0.3 is 0 Å². The smallest absolute Gasteiger partial charge is 0.283 e. The SMILES string of the molecule is N#CO.c1ccc2scnc2c1. The van der Waals surface area contributed by atoms with Gasteiger partial charge in [-0.25, -0.2) is 4.98 Å². The van der Waals surface area contributed by atoms with Crippen molar-refractivity contribution in [2.45, 2.75) is 0 Å². The summed E-state index contributed by atoms with van der Waals surface area (Å²) in [6.07, 6.45) is 0.750. The highest BCUT2D eigenvalue weighted by Gasteiger charge is 1.89. The van der Waals surface area contributed by atoms with E-state index in [0.717, 1.165) is 11.8 Å². The number of nitriles is 1. The Labute approximate surface area is 73.5 Å². The molecule has 3 nitrogen and oxygen atoms in total. The summed E-state index contributed by atoms with van der Waals surface area (Å²) in [5.41, 5.74) is 2.97. The van der Waals surface area contributed by atoms with Crippen LogP contribution in [0.4, 0.5) is 0 Å². The van der Waals surface area contributed by atoms with Crippen molar-refractivity contribution in [1.82, 2.24) is 4.98 Å². The van der Waals surface area contributed by atoms with Crippen LogP contribution in [-0.2, 0) is 0 Å². The second-order valence-corrected chi connectivity index (χ2v) is 2.81. The second kappa shape index (κ2) is 4.31. The van der Waals surface area contributed by atoms with Crippen molar-refractivity contribution in [2.75, 3.05) is 0 Å². The standard InChI is InChI=1S/C7H5NS.CHNO/c1-2-4-7-6(3-1)8-5-9-7;2-1-3/h1-5H;3H. The third kappa shape index (κ3) is 1.94. The summed E-state index contributed by atoms with van der Waals surface area (Å²) in [7, 11) is 0. The topological polar surface area (TPSA) is 56.9 Å². The van der Waals surface area contributed by atoms with Crippen LogP contribution in [0.25, 0.3) is 10.2 Å². The third-order valence-corrected chi connectivity index (χ3v) is 2.05. The van der Waals surface area contributed by atoms with Gasteiger partial charge in [0, 0.05) is 0 Å². The summed E-state index contributed by atoms with van der Waals surface area (Å²) >= 11 is 1.68. The van der Waals surface area contributed by atoms with Crippen molar-refractivity contribution in [3.8, 4) is 6.26 Å². The fourth-order valence-corrected chi connectivity index (χ4v) is 1.48. The number of fused-ring (bicyclic) bond motifs is 1. The van der Waals surface area contributed by atoms with Gasteiger partial charge in [0.2, 0.25) is 0 Å². The molecule has 0 spiro atoms. The average Bonchev–Trinajstić information content (AvgIpc) is 2.52. The normalized spacial score (nSPS) is 8.25. The first-order valence-corrected chi connectivity index (χ1v) is 4.08. The van der Waals surface area contributed by atoms with Crippen molar-refractivity contribution in [3.63, 3.8) is 0 Å². The van der Waals surface area contributed by atoms with E-state index in [1.54, 1.807) is 11.3 Å². The molecule has 0 saturated carbocycles. The molecular weight excluding hydrogens is 172 g/mol. The van der Waals surface area contributed by atoms with Crippen LogP contribution in [0.5, 0.6) is 0 Å². The number of thiazole rings is 1. The largest absolute Gasteiger partial charge is 0.443 e. The summed E-state index contributed by atoms with van der Waals surface area (Å²) in [6, 6.07) is 8.13. The van der Waals surface area contributed by atoms with E-state index in [9.17, 15) is 0 Å². The Morgan fingerprint density at radius 2 is 2.08 bits per heavy atom. The average molecular weight is 178 g/mol. The molecule has 1 N–H and O–H groups in total. The molecule has 0 aliphatic rings. The van der Waals surface area contributed by atoms with Gasteiger partial charge in [-0.05, 0) is 12.1 Å². The van der Waals surface area contributed by atoms with Crippen molar-refractivity contribution >= 4 is 21.6 Å². The molecule has 1 heterocycles. The molecule has 0 radical (unpaired) electrons. The van der Waals surface area contributed by atoms with Crippen molar-refractivity contribution in [1.29, 1.82) is 5.26 Å². The van der Waals surface area contributed by atoms with Crippen LogP contribution in [0.15, 0.2) is 29.8 Å². The van der Waals surface area contributed by atoms with Gasteiger partial charge in [-0.15, -0.1) is 11.3 Å². The molecule has 0 saturated heterocycles. The molecule has 0 atom stereocenters. The maximum Gasteiger partial charge on any atom is 0.283 e. The van der Waals surface area contributed by atoms with Crippen LogP contribution in [-0.4, -0.2) is 10.1 Å². The van der Waals surface area contributed by atoms with Crippen LogP contribution in [0.1, 0.15) is 0 Å². The molecule has 0 fully saturated rings. The van der Waals surface area contributed by atoms with Gasteiger partial charge < -0.3 is 5.11 Å². The van der Waals surface area contributed by atoms with E-state index >= 15 is 0 Å². The molecule has 0 aliphatic heterocycles. The van der Waals surface area contributed by atoms with Gasteiger partial charge in [-0.1, -0.05) is 12.1 Å². The molecule has 1 aromatic heterocycles. The van der Waals surface area contributed by atoms with Crippen molar-refractivity contribution < 1.29 is 5.11 Å². The second-order valence-electron chi connectivity index (χ2n) is 1.92. The van der Waals surface area contributed by atoms with Gasteiger partial charge in [0.05, 0.1) is 15.7 Å². The fraction of sp³-hybridized carbons (Fsp3) is 0. The number of benzene rings is 1. The number of aliphatic hydroxyl groups is 1. The predicted molar refractivity (Wildman–Crippen MR) is 47.2 cm³/mol. The quantitative estimate of drug-likeness (QED) is 0.629. The minimum absolute atomic E-state index is 0.750. The van der Waals surface area contributed by atoms with E-state index in [2.05, 4.69) is 11.1 Å². The Morgan fingerprint density at radius 1 is 1.42 bits per heavy atom. The molecule has 2 aromatic rings. The molecular formula is C8H6N2OS. The van der Waals surface area contributed by atoms with E-state index in [-0.39, 0.29) is 0 Å². The summed E-state index contributed by atoms with van der Waals surface area (Å²) in [4.78, 5) is 4.14. The minimum Gasteiger partial charge on any atom is -0.443 e. The molecule has 0 aliphatic carbocycles. The number of rotatable bonds is 0. The van der Waals surface area contributed by atoms with Gasteiger partial charge in [0.25, 0.3) is 6.26 Å². The summed E-state index contributed by atoms with van der Waals surface area (Å²) in [5.74, 6) is 0. The molecule has 2 rings (SSSR count). The third-order valence-electron chi connectivity index (χ3n) is 1.24. The fourth-order valence-electron chi connectivity index (χ4n) is 0.803. The number of hydrogen-bond acceptors (Lipinski definition) is 4. The monoisotopic (exact) mass is 178 g/mol. The zero-order valence-corrected chi connectivity index (χ0v) is 6.95. The minimum atomic E-state index is 0.750. The number of nitrogens with zero attached hydrogens (tertiary/aromatic N) is 2. The zero-order valence-electron chi connectivity index (χ0n) is 6.14. The Hall–Kier alpha value is -1.60. The van der Waals surface area contributed by atoms with E-state index < -0.39 is 0 Å². The van der Waals surface area contributed by atoms with Gasteiger partial charge in [0.15, 0.2) is 0 Å². The van der Waals surface area contributed by atoms with E-state index in [0.29, 0.717) is 0 Å². The van der Waals surface area contributed by atoms with Crippen molar-refractivity contribution in [2.24, 2.45) is 0 Å². The van der Waals surface area contributed by atoms with E-state index in [4.69, 9.17) is 10.4 Å². The zero-order chi connectivity index (χ0) is 8.81. The maximum absolute atomic E-state index is 6.88. The maximum atomic E-state index is 6.88. The number of para-hydroxylation sites is 1.